The Labute approximate surface area is 70.9 Å². The maximum atomic E-state index is 10.4. The first-order valence-electron chi connectivity index (χ1n) is 3.22. The van der Waals surface area contributed by atoms with Gasteiger partial charge in [-0.2, -0.15) is 0 Å². The molecule has 66 valence electrons. The first kappa shape index (κ1) is 10.4. The van der Waals surface area contributed by atoms with Gasteiger partial charge in [-0.15, -0.1) is 0 Å². The molecule has 0 aliphatic heterocycles. The molecule has 4 nitrogen and oxygen atoms in total. The van der Waals surface area contributed by atoms with Gasteiger partial charge in [-0.1, -0.05) is 0 Å². The van der Waals surface area contributed by atoms with Crippen molar-refractivity contribution in [3.8, 4) is 0 Å². The maximum Gasteiger partial charge on any atom is 0.157 e. The van der Waals surface area contributed by atoms with E-state index in [-0.39, 0.29) is 17.1 Å². The van der Waals surface area contributed by atoms with E-state index in [1.807, 2.05) is 0 Å². The SMILES string of the molecule is C=N/C=C(OC)\C(C=O)=C(/C)O. The van der Waals surface area contributed by atoms with Gasteiger partial charge in [0.2, 0.25) is 0 Å². The summed E-state index contributed by atoms with van der Waals surface area (Å²) >= 11 is 0. The van der Waals surface area contributed by atoms with E-state index in [0.717, 1.165) is 0 Å². The monoisotopic (exact) mass is 169 g/mol. The number of rotatable bonds is 4. The summed E-state index contributed by atoms with van der Waals surface area (Å²) < 4.78 is 4.78. The molecule has 0 rings (SSSR count). The standard InChI is InChI=1S/C8H11NO3/c1-6(11)7(5-10)8(12-3)4-9-2/h4-5,11H,2H2,1,3H3/b7-6+,8-4+. The second-order valence-corrected chi connectivity index (χ2v) is 2.00. The number of hydrogen-bond acceptors (Lipinski definition) is 4. The van der Waals surface area contributed by atoms with Crippen LogP contribution in [-0.2, 0) is 9.53 Å². The Bertz CT molecular complexity index is 237. The second kappa shape index (κ2) is 5.12. The molecule has 0 amide bonds. The molecule has 4 heteroatoms. The van der Waals surface area contributed by atoms with Crippen LogP contribution in [0, 0.1) is 0 Å². The molecule has 0 aliphatic carbocycles. The summed E-state index contributed by atoms with van der Waals surface area (Å²) in [5.74, 6) is 0.0850. The fourth-order valence-electron chi connectivity index (χ4n) is 0.637. The van der Waals surface area contributed by atoms with Gasteiger partial charge in [-0.3, -0.25) is 9.79 Å². The molecule has 0 atom stereocenters. The van der Waals surface area contributed by atoms with Crippen LogP contribution in [0.2, 0.25) is 0 Å². The molecule has 0 saturated heterocycles. The Morgan fingerprint density at radius 2 is 2.25 bits per heavy atom. The number of allylic oxidation sites excluding steroid dienone is 2. The summed E-state index contributed by atoms with van der Waals surface area (Å²) in [7, 11) is 1.38. The van der Waals surface area contributed by atoms with E-state index < -0.39 is 0 Å². The topological polar surface area (TPSA) is 58.9 Å². The molecule has 0 unspecified atom stereocenters. The first-order valence-corrected chi connectivity index (χ1v) is 3.22. The minimum atomic E-state index is -0.109. The predicted octanol–water partition coefficient (Wildman–Crippen LogP) is 1.21. The van der Waals surface area contributed by atoms with Crippen LogP contribution in [0.15, 0.2) is 28.3 Å². The summed E-state index contributed by atoms with van der Waals surface area (Å²) in [5.41, 5.74) is 0.0740. The number of ether oxygens (including phenoxy) is 1. The fraction of sp³-hybridized carbons (Fsp3) is 0.250. The van der Waals surface area contributed by atoms with Crippen molar-refractivity contribution in [2.45, 2.75) is 6.92 Å². The summed E-state index contributed by atoms with van der Waals surface area (Å²) in [4.78, 5) is 13.8. The summed E-state index contributed by atoms with van der Waals surface area (Å²) in [5, 5.41) is 9.01. The zero-order valence-electron chi connectivity index (χ0n) is 7.07. The minimum Gasteiger partial charge on any atom is -0.512 e. The number of aliphatic hydroxyl groups is 1. The average Bonchev–Trinajstić information content (AvgIpc) is 2.03. The van der Waals surface area contributed by atoms with Crippen LogP contribution < -0.4 is 0 Å². The Kier molecular flexibility index (Phi) is 4.45. The number of aliphatic imine (C=N–C) groups is 1. The van der Waals surface area contributed by atoms with Crippen LogP contribution in [0.5, 0.6) is 0 Å². The molecule has 0 aromatic heterocycles. The Balaban J connectivity index is 4.95. The second-order valence-electron chi connectivity index (χ2n) is 2.00. The highest BCUT2D eigenvalue weighted by atomic mass is 16.5. The van der Waals surface area contributed by atoms with Gasteiger partial charge >= 0.3 is 0 Å². The molecular weight excluding hydrogens is 158 g/mol. The summed E-state index contributed by atoms with van der Waals surface area (Å²) in [6.45, 7) is 4.59. The molecule has 12 heavy (non-hydrogen) atoms. The number of carbonyl (C=O) groups excluding carboxylic acids is 1. The highest BCUT2D eigenvalue weighted by Crippen LogP contribution is 2.11. The molecule has 0 fully saturated rings. The van der Waals surface area contributed by atoms with Gasteiger partial charge in [-0.05, 0) is 13.6 Å². The van der Waals surface area contributed by atoms with Gasteiger partial charge in [0.1, 0.15) is 5.76 Å². The van der Waals surface area contributed by atoms with Crippen molar-refractivity contribution in [2.75, 3.05) is 7.11 Å². The lowest BCUT2D eigenvalue weighted by molar-refractivity contribution is -0.105. The van der Waals surface area contributed by atoms with Crippen molar-refractivity contribution in [3.63, 3.8) is 0 Å². The van der Waals surface area contributed by atoms with Crippen LogP contribution >= 0.6 is 0 Å². The van der Waals surface area contributed by atoms with E-state index in [0.29, 0.717) is 6.29 Å². The highest BCUT2D eigenvalue weighted by molar-refractivity contribution is 5.79. The molecule has 0 aliphatic rings. The maximum absolute atomic E-state index is 10.4. The van der Waals surface area contributed by atoms with Gasteiger partial charge in [0.25, 0.3) is 0 Å². The van der Waals surface area contributed by atoms with Gasteiger partial charge in [0.05, 0.1) is 18.9 Å². The third-order valence-corrected chi connectivity index (χ3v) is 1.20. The van der Waals surface area contributed by atoms with Crippen molar-refractivity contribution in [1.82, 2.24) is 0 Å². The molecule has 0 spiro atoms. The first-order chi connectivity index (χ1) is 5.67. The van der Waals surface area contributed by atoms with Crippen molar-refractivity contribution in [2.24, 2.45) is 4.99 Å². The highest BCUT2D eigenvalue weighted by Gasteiger charge is 2.07. The van der Waals surface area contributed by atoms with Crippen LogP contribution in [0.1, 0.15) is 6.92 Å². The number of hydrogen-bond donors (Lipinski definition) is 1. The van der Waals surface area contributed by atoms with Crippen LogP contribution in [0.4, 0.5) is 0 Å². The smallest absolute Gasteiger partial charge is 0.157 e. The quantitative estimate of drug-likeness (QED) is 0.226. The molecule has 1 N–H and O–H groups in total. The molecule has 0 heterocycles. The normalized spacial score (nSPS) is 13.3. The van der Waals surface area contributed by atoms with Gasteiger partial charge in [-0.25, -0.2) is 0 Å². The number of nitrogens with zero attached hydrogens (tertiary/aromatic N) is 1. The third kappa shape index (κ3) is 2.57. The molecule has 0 bridgehead atoms. The number of carbonyl (C=O) groups is 1. The van der Waals surface area contributed by atoms with Gasteiger partial charge < -0.3 is 9.84 Å². The molecule has 0 aromatic rings. The zero-order valence-corrected chi connectivity index (χ0v) is 7.07. The molecule has 0 radical (unpaired) electrons. The predicted molar refractivity (Wildman–Crippen MR) is 46.0 cm³/mol. The lowest BCUT2D eigenvalue weighted by Crippen LogP contribution is -1.97. The van der Waals surface area contributed by atoms with Crippen molar-refractivity contribution >= 4 is 13.0 Å². The van der Waals surface area contributed by atoms with E-state index in [4.69, 9.17) is 9.84 Å². The number of aliphatic hydroxyl groups excluding tert-OH is 1. The van der Waals surface area contributed by atoms with E-state index in [9.17, 15) is 4.79 Å². The van der Waals surface area contributed by atoms with Crippen LogP contribution in [0.3, 0.4) is 0 Å². The lowest BCUT2D eigenvalue weighted by Gasteiger charge is -2.04. The van der Waals surface area contributed by atoms with E-state index >= 15 is 0 Å². The van der Waals surface area contributed by atoms with Crippen LogP contribution in [-0.4, -0.2) is 25.2 Å². The average molecular weight is 169 g/mol. The number of methoxy groups -OCH3 is 1. The molecular formula is C8H11NO3. The molecule has 0 aromatic carbocycles. The summed E-state index contributed by atoms with van der Waals surface area (Å²) in [6, 6.07) is 0. The van der Waals surface area contributed by atoms with E-state index in [2.05, 4.69) is 11.7 Å². The van der Waals surface area contributed by atoms with Crippen molar-refractivity contribution < 1.29 is 14.6 Å². The number of aldehydes is 1. The van der Waals surface area contributed by atoms with Gasteiger partial charge in [0, 0.05) is 0 Å². The zero-order chi connectivity index (χ0) is 9.56. The van der Waals surface area contributed by atoms with Crippen molar-refractivity contribution in [3.05, 3.63) is 23.3 Å². The van der Waals surface area contributed by atoms with Crippen molar-refractivity contribution in [1.29, 1.82) is 0 Å². The molecule has 0 saturated carbocycles. The van der Waals surface area contributed by atoms with E-state index in [1.54, 1.807) is 0 Å². The Morgan fingerprint density at radius 3 is 2.50 bits per heavy atom. The Hall–Kier alpha value is -1.58. The largest absolute Gasteiger partial charge is 0.512 e. The van der Waals surface area contributed by atoms with Gasteiger partial charge in [0.15, 0.2) is 12.0 Å². The van der Waals surface area contributed by atoms with E-state index in [1.165, 1.54) is 20.2 Å². The lowest BCUT2D eigenvalue weighted by atomic mass is 10.2. The third-order valence-electron chi connectivity index (χ3n) is 1.20. The summed E-state index contributed by atoms with van der Waals surface area (Å²) in [6.07, 6.45) is 1.75. The Morgan fingerprint density at radius 1 is 1.67 bits per heavy atom. The fourth-order valence-corrected chi connectivity index (χ4v) is 0.637. The van der Waals surface area contributed by atoms with Crippen LogP contribution in [0.25, 0.3) is 0 Å². The minimum absolute atomic E-state index is 0.0740.